The van der Waals surface area contributed by atoms with E-state index in [4.69, 9.17) is 15.0 Å². The maximum atomic E-state index is 5.76. The molecule has 106 valence electrons. The number of methoxy groups -OCH3 is 1. The monoisotopic (exact) mass is 273 g/mol. The van der Waals surface area contributed by atoms with Crippen molar-refractivity contribution in [2.75, 3.05) is 12.8 Å². The van der Waals surface area contributed by atoms with E-state index in [1.54, 1.807) is 7.11 Å². The minimum Gasteiger partial charge on any atom is -0.399 e. The summed E-state index contributed by atoms with van der Waals surface area (Å²) in [5.41, 5.74) is 7.72. The van der Waals surface area contributed by atoms with Crippen molar-refractivity contribution in [1.82, 2.24) is 10.1 Å². The molecule has 1 aromatic carbocycles. The molecule has 2 aromatic rings. The molecule has 0 radical (unpaired) electrons. The van der Waals surface area contributed by atoms with Gasteiger partial charge in [-0.25, -0.2) is 0 Å². The molecule has 0 amide bonds. The normalized spacial score (nSPS) is 16.2. The van der Waals surface area contributed by atoms with Crippen molar-refractivity contribution >= 4 is 5.69 Å². The molecule has 0 saturated heterocycles. The van der Waals surface area contributed by atoms with E-state index in [1.165, 1.54) is 18.4 Å². The molecule has 1 aliphatic rings. The van der Waals surface area contributed by atoms with Gasteiger partial charge in [0.15, 0.2) is 0 Å². The molecule has 0 spiro atoms. The average Bonchev–Trinajstić information content (AvgIpc) is 3.16. The fourth-order valence-corrected chi connectivity index (χ4v) is 2.39. The number of aromatic nitrogens is 2. The zero-order chi connectivity index (χ0) is 13.9. The predicted octanol–water partition coefficient (Wildman–Crippen LogP) is 2.53. The van der Waals surface area contributed by atoms with E-state index in [-0.39, 0.29) is 6.10 Å². The summed E-state index contributed by atoms with van der Waals surface area (Å²) in [4.78, 5) is 4.45. The second-order valence-corrected chi connectivity index (χ2v) is 5.29. The van der Waals surface area contributed by atoms with Crippen LogP contribution in [0, 0.1) is 5.92 Å². The maximum absolute atomic E-state index is 5.76. The van der Waals surface area contributed by atoms with Gasteiger partial charge < -0.3 is 15.0 Å². The Kier molecular flexibility index (Phi) is 3.69. The van der Waals surface area contributed by atoms with Crippen LogP contribution in [0.3, 0.4) is 0 Å². The Hall–Kier alpha value is -1.88. The first kappa shape index (κ1) is 13.1. The van der Waals surface area contributed by atoms with Crippen LogP contribution in [-0.4, -0.2) is 17.3 Å². The van der Waals surface area contributed by atoms with Crippen molar-refractivity contribution < 1.29 is 9.26 Å². The maximum Gasteiger partial charge on any atom is 0.227 e. The van der Waals surface area contributed by atoms with Crippen molar-refractivity contribution in [3.63, 3.8) is 0 Å². The van der Waals surface area contributed by atoms with Gasteiger partial charge in [-0.05, 0) is 42.9 Å². The smallest absolute Gasteiger partial charge is 0.227 e. The summed E-state index contributed by atoms with van der Waals surface area (Å²) in [5, 5.41) is 4.04. The SMILES string of the molecule is COC(c1noc(CCc2cccc(N)c2)n1)C1CC1. The van der Waals surface area contributed by atoms with E-state index in [2.05, 4.69) is 16.2 Å². The minimum absolute atomic E-state index is 0.0140. The second kappa shape index (κ2) is 5.63. The Morgan fingerprint density at radius 3 is 2.95 bits per heavy atom. The van der Waals surface area contributed by atoms with Gasteiger partial charge in [-0.15, -0.1) is 0 Å². The third-order valence-corrected chi connectivity index (χ3v) is 3.62. The van der Waals surface area contributed by atoms with Gasteiger partial charge >= 0.3 is 0 Å². The van der Waals surface area contributed by atoms with E-state index >= 15 is 0 Å². The van der Waals surface area contributed by atoms with Crippen LogP contribution in [-0.2, 0) is 17.6 Å². The number of ether oxygens (including phenoxy) is 1. The number of anilines is 1. The molecule has 1 saturated carbocycles. The fourth-order valence-electron chi connectivity index (χ4n) is 2.39. The van der Waals surface area contributed by atoms with Gasteiger partial charge in [0, 0.05) is 19.2 Å². The zero-order valence-corrected chi connectivity index (χ0v) is 11.6. The van der Waals surface area contributed by atoms with E-state index in [0.717, 1.165) is 18.5 Å². The van der Waals surface area contributed by atoms with E-state index in [1.807, 2.05) is 18.2 Å². The number of rotatable bonds is 6. The topological polar surface area (TPSA) is 74.2 Å². The van der Waals surface area contributed by atoms with Crippen LogP contribution in [0.15, 0.2) is 28.8 Å². The summed E-state index contributed by atoms with van der Waals surface area (Å²) in [6.45, 7) is 0. The molecule has 1 fully saturated rings. The van der Waals surface area contributed by atoms with Gasteiger partial charge in [-0.1, -0.05) is 17.3 Å². The van der Waals surface area contributed by atoms with Crippen molar-refractivity contribution in [2.45, 2.75) is 31.8 Å². The molecule has 1 aliphatic carbocycles. The molecule has 0 aliphatic heterocycles. The van der Waals surface area contributed by atoms with Gasteiger partial charge in [0.1, 0.15) is 6.10 Å². The van der Waals surface area contributed by atoms with Crippen LogP contribution in [0.4, 0.5) is 5.69 Å². The van der Waals surface area contributed by atoms with E-state index in [9.17, 15) is 0 Å². The third-order valence-electron chi connectivity index (χ3n) is 3.62. The summed E-state index contributed by atoms with van der Waals surface area (Å²) in [5.74, 6) is 1.89. The van der Waals surface area contributed by atoms with Crippen LogP contribution < -0.4 is 5.73 Å². The quantitative estimate of drug-likeness (QED) is 0.819. The average molecular weight is 273 g/mol. The third kappa shape index (κ3) is 2.99. The van der Waals surface area contributed by atoms with Crippen LogP contribution in [0.2, 0.25) is 0 Å². The molecule has 3 rings (SSSR count). The van der Waals surface area contributed by atoms with Crippen LogP contribution in [0.25, 0.3) is 0 Å². The zero-order valence-electron chi connectivity index (χ0n) is 11.6. The molecule has 1 atom stereocenters. The summed E-state index contributed by atoms with van der Waals surface area (Å²) >= 11 is 0. The standard InChI is InChI=1S/C15H19N3O2/c1-19-14(11-6-7-11)15-17-13(20-18-15)8-5-10-3-2-4-12(16)9-10/h2-4,9,11,14H,5-8,16H2,1H3. The van der Waals surface area contributed by atoms with E-state index in [0.29, 0.717) is 17.6 Å². The van der Waals surface area contributed by atoms with Crippen molar-refractivity contribution in [3.8, 4) is 0 Å². The van der Waals surface area contributed by atoms with Crippen LogP contribution in [0.5, 0.6) is 0 Å². The van der Waals surface area contributed by atoms with Crippen molar-refractivity contribution in [1.29, 1.82) is 0 Å². The molecule has 5 heteroatoms. The number of hydrogen-bond donors (Lipinski definition) is 1. The molecule has 5 nitrogen and oxygen atoms in total. The molecule has 1 aromatic heterocycles. The fraction of sp³-hybridized carbons (Fsp3) is 0.467. The highest BCUT2D eigenvalue weighted by molar-refractivity contribution is 5.40. The Balaban J connectivity index is 1.62. The van der Waals surface area contributed by atoms with Gasteiger partial charge in [0.05, 0.1) is 0 Å². The lowest BCUT2D eigenvalue weighted by Gasteiger charge is -2.08. The largest absolute Gasteiger partial charge is 0.399 e. The molecular weight excluding hydrogens is 254 g/mol. The number of nitrogens with zero attached hydrogens (tertiary/aromatic N) is 2. The van der Waals surface area contributed by atoms with Gasteiger partial charge in [0.25, 0.3) is 0 Å². The van der Waals surface area contributed by atoms with Gasteiger partial charge in [-0.3, -0.25) is 0 Å². The number of aryl methyl sites for hydroxylation is 2. The Morgan fingerprint density at radius 1 is 1.40 bits per heavy atom. The number of hydrogen-bond acceptors (Lipinski definition) is 5. The molecular formula is C15H19N3O2. The lowest BCUT2D eigenvalue weighted by molar-refractivity contribution is 0.0751. The number of nitrogens with two attached hydrogens (primary N) is 1. The van der Waals surface area contributed by atoms with Crippen molar-refractivity contribution in [2.24, 2.45) is 5.92 Å². The van der Waals surface area contributed by atoms with E-state index < -0.39 is 0 Å². The van der Waals surface area contributed by atoms with Crippen molar-refractivity contribution in [3.05, 3.63) is 41.5 Å². The minimum atomic E-state index is -0.0140. The number of nitrogen functional groups attached to an aromatic ring is 1. The van der Waals surface area contributed by atoms with Gasteiger partial charge in [0.2, 0.25) is 11.7 Å². The summed E-state index contributed by atoms with van der Waals surface area (Å²) in [6, 6.07) is 7.86. The first-order valence-electron chi connectivity index (χ1n) is 6.96. The first-order valence-corrected chi connectivity index (χ1v) is 6.96. The second-order valence-electron chi connectivity index (χ2n) is 5.29. The lowest BCUT2D eigenvalue weighted by atomic mass is 10.1. The van der Waals surface area contributed by atoms with Crippen LogP contribution in [0.1, 0.15) is 36.2 Å². The summed E-state index contributed by atoms with van der Waals surface area (Å²) in [7, 11) is 1.70. The Morgan fingerprint density at radius 2 is 2.25 bits per heavy atom. The molecule has 2 N–H and O–H groups in total. The highest BCUT2D eigenvalue weighted by Gasteiger charge is 2.35. The Labute approximate surface area is 118 Å². The molecule has 1 unspecified atom stereocenters. The summed E-state index contributed by atoms with van der Waals surface area (Å²) in [6.07, 6.45) is 3.92. The van der Waals surface area contributed by atoms with Gasteiger partial charge in [-0.2, -0.15) is 4.98 Å². The first-order chi connectivity index (χ1) is 9.76. The molecule has 20 heavy (non-hydrogen) atoms. The molecule has 0 bridgehead atoms. The summed E-state index contributed by atoms with van der Waals surface area (Å²) < 4.78 is 10.8. The number of benzene rings is 1. The molecule has 1 heterocycles. The van der Waals surface area contributed by atoms with Crippen LogP contribution >= 0.6 is 0 Å². The highest BCUT2D eigenvalue weighted by Crippen LogP contribution is 2.41. The lowest BCUT2D eigenvalue weighted by Crippen LogP contribution is -2.06. The predicted molar refractivity (Wildman–Crippen MR) is 75.0 cm³/mol. The highest BCUT2D eigenvalue weighted by atomic mass is 16.5. The Bertz CT molecular complexity index is 578.